The highest BCUT2D eigenvalue weighted by atomic mass is 16.5. The van der Waals surface area contributed by atoms with Gasteiger partial charge in [0, 0.05) is 23.9 Å². The number of hydrogen-bond donors (Lipinski definition) is 1. The molecule has 0 bridgehead atoms. The number of Topliss-reactive ketones (excluding diaryl/α,β-unsaturated/α-hetero) is 1. The van der Waals surface area contributed by atoms with Crippen LogP contribution < -0.4 is 10.1 Å². The molecule has 1 amide bonds. The topological polar surface area (TPSA) is 92.1 Å². The number of nitrogens with zero attached hydrogens (tertiary/aromatic N) is 2. The molecule has 1 aliphatic carbocycles. The molecule has 0 radical (unpaired) electrons. The molecule has 1 atom stereocenters. The molecule has 0 saturated heterocycles. The second kappa shape index (κ2) is 7.55. The molecule has 1 N–H and O–H groups in total. The summed E-state index contributed by atoms with van der Waals surface area (Å²) in [6, 6.07) is 4.90. The summed E-state index contributed by atoms with van der Waals surface area (Å²) in [7, 11) is 1.47. The van der Waals surface area contributed by atoms with Gasteiger partial charge in [0.1, 0.15) is 0 Å². The van der Waals surface area contributed by atoms with Crippen molar-refractivity contribution in [3.05, 3.63) is 23.9 Å². The van der Waals surface area contributed by atoms with Gasteiger partial charge < -0.3 is 10.1 Å². The van der Waals surface area contributed by atoms with Crippen LogP contribution in [0.25, 0.3) is 0 Å². The van der Waals surface area contributed by atoms with Gasteiger partial charge in [0.05, 0.1) is 13.2 Å². The number of aromatic nitrogens is 1. The Balaban J connectivity index is 2.04. The molecule has 6 heteroatoms. The van der Waals surface area contributed by atoms with E-state index in [4.69, 9.17) is 4.74 Å². The molecular formula is C16H19N3O3. The first-order chi connectivity index (χ1) is 10.7. The van der Waals surface area contributed by atoms with Crippen molar-refractivity contribution in [3.8, 4) is 11.9 Å². The van der Waals surface area contributed by atoms with Crippen LogP contribution >= 0.6 is 0 Å². The Morgan fingerprint density at radius 1 is 1.36 bits per heavy atom. The highest BCUT2D eigenvalue weighted by Crippen LogP contribution is 2.18. The number of ether oxygens (including phenoxy) is 1. The molecule has 22 heavy (non-hydrogen) atoms. The molecule has 0 spiro atoms. The fourth-order valence-electron chi connectivity index (χ4n) is 2.58. The maximum absolute atomic E-state index is 12.3. The maximum atomic E-state index is 12.3. The Hall–Kier alpha value is -2.42. The summed E-state index contributed by atoms with van der Waals surface area (Å²) >= 11 is 0. The molecule has 0 aliphatic heterocycles. The molecule has 1 aromatic rings. The van der Waals surface area contributed by atoms with E-state index in [0.29, 0.717) is 5.88 Å². The monoisotopic (exact) mass is 301 g/mol. The highest BCUT2D eigenvalue weighted by molar-refractivity contribution is 6.12. The molecule has 6 nitrogen and oxygen atoms in total. The summed E-state index contributed by atoms with van der Waals surface area (Å²) in [5.74, 6) is -2.02. The SMILES string of the molecule is COc1ccc(C(=O)C(C#N)C(=O)NC2CCCCC2)cn1. The van der Waals surface area contributed by atoms with Crippen LogP contribution in [0.5, 0.6) is 5.88 Å². The first-order valence-corrected chi connectivity index (χ1v) is 7.40. The van der Waals surface area contributed by atoms with E-state index in [1.807, 2.05) is 0 Å². The third-order valence-corrected chi connectivity index (χ3v) is 3.84. The summed E-state index contributed by atoms with van der Waals surface area (Å²) in [4.78, 5) is 28.4. The van der Waals surface area contributed by atoms with Crippen molar-refractivity contribution < 1.29 is 14.3 Å². The number of carbonyl (C=O) groups is 2. The van der Waals surface area contributed by atoms with Crippen LogP contribution in [0.2, 0.25) is 0 Å². The van der Waals surface area contributed by atoms with Gasteiger partial charge in [0.25, 0.3) is 0 Å². The fraction of sp³-hybridized carbons (Fsp3) is 0.500. The van der Waals surface area contributed by atoms with Gasteiger partial charge in [-0.1, -0.05) is 19.3 Å². The van der Waals surface area contributed by atoms with Crippen LogP contribution in [0.4, 0.5) is 0 Å². The van der Waals surface area contributed by atoms with E-state index in [-0.39, 0.29) is 11.6 Å². The van der Waals surface area contributed by atoms with E-state index in [9.17, 15) is 14.9 Å². The minimum Gasteiger partial charge on any atom is -0.481 e. The van der Waals surface area contributed by atoms with Crippen LogP contribution in [0.15, 0.2) is 18.3 Å². The summed E-state index contributed by atoms with van der Waals surface area (Å²) in [5, 5.41) is 12.0. The summed E-state index contributed by atoms with van der Waals surface area (Å²) in [6.07, 6.45) is 6.44. The molecule has 1 saturated carbocycles. The van der Waals surface area contributed by atoms with Crippen LogP contribution in [0.3, 0.4) is 0 Å². The summed E-state index contributed by atoms with van der Waals surface area (Å²) < 4.78 is 4.92. The molecule has 0 aromatic carbocycles. The second-order valence-corrected chi connectivity index (χ2v) is 5.36. The predicted molar refractivity (Wildman–Crippen MR) is 79.2 cm³/mol. The fourth-order valence-corrected chi connectivity index (χ4v) is 2.58. The lowest BCUT2D eigenvalue weighted by Crippen LogP contribution is -2.42. The normalized spacial score (nSPS) is 16.4. The minimum absolute atomic E-state index is 0.0684. The minimum atomic E-state index is -1.34. The quantitative estimate of drug-likeness (QED) is 0.662. The van der Waals surface area contributed by atoms with Gasteiger partial charge in [-0.05, 0) is 18.9 Å². The largest absolute Gasteiger partial charge is 0.481 e. The standard InChI is InChI=1S/C16H19N3O3/c1-22-14-8-7-11(10-18-14)15(20)13(9-17)16(21)19-12-5-3-2-4-6-12/h7-8,10,12-13H,2-6H2,1H3,(H,19,21). The van der Waals surface area contributed by atoms with Gasteiger partial charge >= 0.3 is 0 Å². The Labute approximate surface area is 129 Å². The Morgan fingerprint density at radius 3 is 2.64 bits per heavy atom. The number of pyridine rings is 1. The third-order valence-electron chi connectivity index (χ3n) is 3.84. The van der Waals surface area contributed by atoms with Crippen molar-refractivity contribution in [1.82, 2.24) is 10.3 Å². The number of carbonyl (C=O) groups excluding carboxylic acids is 2. The predicted octanol–water partition coefficient (Wildman–Crippen LogP) is 1.86. The average Bonchev–Trinajstić information content (AvgIpc) is 2.56. The van der Waals surface area contributed by atoms with Crippen LogP contribution in [-0.2, 0) is 4.79 Å². The zero-order valence-corrected chi connectivity index (χ0v) is 12.5. The average molecular weight is 301 g/mol. The van der Waals surface area contributed by atoms with Crippen LogP contribution in [-0.4, -0.2) is 29.8 Å². The summed E-state index contributed by atoms with van der Waals surface area (Å²) in [5.41, 5.74) is 0.228. The van der Waals surface area contributed by atoms with Gasteiger partial charge in [-0.2, -0.15) is 5.26 Å². The van der Waals surface area contributed by atoms with E-state index in [0.717, 1.165) is 25.7 Å². The first-order valence-electron chi connectivity index (χ1n) is 7.40. The molecule has 116 valence electrons. The van der Waals surface area contributed by atoms with Crippen molar-refractivity contribution in [3.63, 3.8) is 0 Å². The van der Waals surface area contributed by atoms with Crippen LogP contribution in [0, 0.1) is 17.2 Å². The zero-order chi connectivity index (χ0) is 15.9. The number of nitrogens with one attached hydrogen (secondary N) is 1. The lowest BCUT2D eigenvalue weighted by molar-refractivity contribution is -0.123. The van der Waals surface area contributed by atoms with E-state index >= 15 is 0 Å². The lowest BCUT2D eigenvalue weighted by atomic mass is 9.94. The van der Waals surface area contributed by atoms with E-state index in [2.05, 4.69) is 10.3 Å². The highest BCUT2D eigenvalue weighted by Gasteiger charge is 2.29. The van der Waals surface area contributed by atoms with Gasteiger partial charge in [-0.15, -0.1) is 0 Å². The Bertz CT molecular complexity index is 571. The number of amides is 1. The van der Waals surface area contributed by atoms with E-state index < -0.39 is 17.6 Å². The third kappa shape index (κ3) is 3.82. The number of ketones is 1. The number of hydrogen-bond acceptors (Lipinski definition) is 5. The molecule has 1 fully saturated rings. The van der Waals surface area contributed by atoms with Crippen LogP contribution in [0.1, 0.15) is 42.5 Å². The Kier molecular flexibility index (Phi) is 5.48. The molecule has 1 heterocycles. The van der Waals surface area contributed by atoms with E-state index in [1.54, 1.807) is 6.07 Å². The van der Waals surface area contributed by atoms with Crippen molar-refractivity contribution >= 4 is 11.7 Å². The van der Waals surface area contributed by atoms with Gasteiger partial charge in [-0.3, -0.25) is 9.59 Å². The molecular weight excluding hydrogens is 282 g/mol. The van der Waals surface area contributed by atoms with Gasteiger partial charge in [0.2, 0.25) is 11.8 Å². The molecule has 1 aromatic heterocycles. The van der Waals surface area contributed by atoms with E-state index in [1.165, 1.54) is 31.9 Å². The van der Waals surface area contributed by atoms with Crippen molar-refractivity contribution in [2.24, 2.45) is 5.92 Å². The smallest absolute Gasteiger partial charge is 0.245 e. The molecule has 1 aliphatic rings. The van der Waals surface area contributed by atoms with Gasteiger partial charge in [0.15, 0.2) is 11.7 Å². The van der Waals surface area contributed by atoms with Gasteiger partial charge in [-0.25, -0.2) is 4.98 Å². The maximum Gasteiger partial charge on any atom is 0.245 e. The molecule has 2 rings (SSSR count). The lowest BCUT2D eigenvalue weighted by Gasteiger charge is -2.23. The van der Waals surface area contributed by atoms with Crippen molar-refractivity contribution in [2.45, 2.75) is 38.1 Å². The van der Waals surface area contributed by atoms with Crippen molar-refractivity contribution in [2.75, 3.05) is 7.11 Å². The van der Waals surface area contributed by atoms with Crippen molar-refractivity contribution in [1.29, 1.82) is 5.26 Å². The first kappa shape index (κ1) is 16.0. The second-order valence-electron chi connectivity index (χ2n) is 5.36. The number of nitriles is 1. The zero-order valence-electron chi connectivity index (χ0n) is 12.5. The molecule has 1 unspecified atom stereocenters. The number of methoxy groups -OCH3 is 1. The Morgan fingerprint density at radius 2 is 2.09 bits per heavy atom. The summed E-state index contributed by atoms with van der Waals surface area (Å²) in [6.45, 7) is 0. The number of rotatable bonds is 5.